The maximum absolute atomic E-state index is 12.5. The van der Waals surface area contributed by atoms with Gasteiger partial charge < -0.3 is 15.1 Å². The molecule has 26 heavy (non-hydrogen) atoms. The van der Waals surface area contributed by atoms with Crippen molar-refractivity contribution >= 4 is 17.4 Å². The number of anilines is 1. The van der Waals surface area contributed by atoms with E-state index in [0.717, 1.165) is 18.9 Å². The minimum atomic E-state index is -0.333. The molecule has 2 unspecified atom stereocenters. The molecule has 142 valence electrons. The largest absolute Gasteiger partial charge is 0.354 e. The van der Waals surface area contributed by atoms with Crippen molar-refractivity contribution in [2.24, 2.45) is 5.92 Å². The van der Waals surface area contributed by atoms with E-state index in [9.17, 15) is 4.79 Å². The lowest BCUT2D eigenvalue weighted by molar-refractivity contribution is -0.122. The van der Waals surface area contributed by atoms with E-state index in [-0.39, 0.29) is 11.9 Å². The standard InChI is InChI=1S/C18H29N7O/c1-14-6-4-9-24(12-14)10-5-7-20-18(26)15(2)23(3)16-17-22-21-13-25(17)11-8-19-16/h8,11,13-15H,4-7,9-10,12H2,1-3H3,(H,20,26). The number of hydrogen-bond acceptors (Lipinski definition) is 6. The number of likely N-dealkylation sites (tertiary alicyclic amines) is 1. The van der Waals surface area contributed by atoms with Crippen LogP contribution in [0.2, 0.25) is 0 Å². The van der Waals surface area contributed by atoms with Gasteiger partial charge in [-0.3, -0.25) is 9.20 Å². The Bertz CT molecular complexity index is 731. The summed E-state index contributed by atoms with van der Waals surface area (Å²) in [7, 11) is 1.86. The molecule has 1 amide bonds. The first-order valence-corrected chi connectivity index (χ1v) is 9.43. The van der Waals surface area contributed by atoms with E-state index in [1.807, 2.05) is 18.9 Å². The Labute approximate surface area is 154 Å². The minimum Gasteiger partial charge on any atom is -0.354 e. The number of likely N-dealkylation sites (N-methyl/N-ethyl adjacent to an activating group) is 1. The van der Waals surface area contributed by atoms with Crippen LogP contribution in [0.15, 0.2) is 18.7 Å². The van der Waals surface area contributed by atoms with Crippen LogP contribution in [0.25, 0.3) is 5.65 Å². The SMILES string of the molecule is CC1CCCN(CCCNC(=O)C(C)N(C)c2nccn3cnnc23)C1. The molecule has 1 fully saturated rings. The molecule has 8 heteroatoms. The predicted octanol–water partition coefficient (Wildman–Crippen LogP) is 1.19. The van der Waals surface area contributed by atoms with E-state index in [4.69, 9.17) is 0 Å². The average Bonchev–Trinajstić information content (AvgIpc) is 3.12. The molecule has 0 bridgehead atoms. The quantitative estimate of drug-likeness (QED) is 0.748. The second-order valence-corrected chi connectivity index (χ2v) is 7.29. The van der Waals surface area contributed by atoms with Crippen molar-refractivity contribution in [1.29, 1.82) is 0 Å². The van der Waals surface area contributed by atoms with Gasteiger partial charge in [0.1, 0.15) is 12.4 Å². The number of carbonyl (C=O) groups is 1. The maximum atomic E-state index is 12.5. The average molecular weight is 359 g/mol. The normalized spacial score (nSPS) is 19.4. The second kappa shape index (κ2) is 8.44. The van der Waals surface area contributed by atoms with Gasteiger partial charge in [0.2, 0.25) is 11.6 Å². The van der Waals surface area contributed by atoms with E-state index in [2.05, 4.69) is 32.3 Å². The molecular formula is C18H29N7O. The van der Waals surface area contributed by atoms with Gasteiger partial charge >= 0.3 is 0 Å². The molecule has 0 aliphatic carbocycles. The second-order valence-electron chi connectivity index (χ2n) is 7.29. The van der Waals surface area contributed by atoms with Crippen LogP contribution in [0, 0.1) is 5.92 Å². The third-order valence-corrected chi connectivity index (χ3v) is 5.18. The summed E-state index contributed by atoms with van der Waals surface area (Å²) in [6.45, 7) is 8.31. The summed E-state index contributed by atoms with van der Waals surface area (Å²) in [4.78, 5) is 21.2. The fourth-order valence-corrected chi connectivity index (χ4v) is 3.51. The van der Waals surface area contributed by atoms with E-state index in [1.54, 1.807) is 23.1 Å². The van der Waals surface area contributed by atoms with Crippen molar-refractivity contribution in [3.05, 3.63) is 18.7 Å². The van der Waals surface area contributed by atoms with Gasteiger partial charge in [0.25, 0.3) is 0 Å². The van der Waals surface area contributed by atoms with E-state index in [1.165, 1.54) is 25.9 Å². The lowest BCUT2D eigenvalue weighted by Crippen LogP contribution is -2.44. The van der Waals surface area contributed by atoms with E-state index in [0.29, 0.717) is 18.0 Å². The molecule has 1 N–H and O–H groups in total. The summed E-state index contributed by atoms with van der Waals surface area (Å²) in [5.41, 5.74) is 0.647. The van der Waals surface area contributed by atoms with Crippen LogP contribution in [0.4, 0.5) is 5.82 Å². The Kier molecular flexibility index (Phi) is 6.03. The van der Waals surface area contributed by atoms with Crippen LogP contribution in [-0.2, 0) is 4.79 Å². The van der Waals surface area contributed by atoms with Crippen LogP contribution >= 0.6 is 0 Å². The summed E-state index contributed by atoms with van der Waals surface area (Å²) in [6.07, 6.45) is 8.71. The molecule has 0 spiro atoms. The van der Waals surface area contributed by atoms with Gasteiger partial charge in [-0.25, -0.2) is 4.98 Å². The summed E-state index contributed by atoms with van der Waals surface area (Å²) in [5, 5.41) is 11.0. The molecule has 3 rings (SSSR count). The summed E-state index contributed by atoms with van der Waals surface area (Å²) < 4.78 is 1.79. The van der Waals surface area contributed by atoms with Crippen LogP contribution in [0.3, 0.4) is 0 Å². The van der Waals surface area contributed by atoms with Gasteiger partial charge in [-0.1, -0.05) is 6.92 Å². The van der Waals surface area contributed by atoms with Gasteiger partial charge in [0.05, 0.1) is 0 Å². The van der Waals surface area contributed by atoms with Crippen molar-refractivity contribution in [1.82, 2.24) is 29.8 Å². The lowest BCUT2D eigenvalue weighted by Gasteiger charge is -2.30. The smallest absolute Gasteiger partial charge is 0.242 e. The summed E-state index contributed by atoms with van der Waals surface area (Å²) >= 11 is 0. The Morgan fingerprint density at radius 2 is 2.35 bits per heavy atom. The number of aromatic nitrogens is 4. The molecule has 0 radical (unpaired) electrons. The molecule has 2 aromatic rings. The zero-order valence-corrected chi connectivity index (χ0v) is 15.9. The number of piperidine rings is 1. The van der Waals surface area contributed by atoms with Gasteiger partial charge in [-0.2, -0.15) is 0 Å². The molecule has 2 atom stereocenters. The summed E-state index contributed by atoms with van der Waals surface area (Å²) in [6, 6.07) is -0.333. The Morgan fingerprint density at radius 1 is 1.50 bits per heavy atom. The Balaban J connectivity index is 1.47. The highest BCUT2D eigenvalue weighted by molar-refractivity contribution is 5.85. The molecule has 1 saturated heterocycles. The maximum Gasteiger partial charge on any atom is 0.242 e. The molecule has 3 heterocycles. The highest BCUT2D eigenvalue weighted by Crippen LogP contribution is 2.17. The third-order valence-electron chi connectivity index (χ3n) is 5.18. The first-order chi connectivity index (χ1) is 12.6. The van der Waals surface area contributed by atoms with Crippen molar-refractivity contribution in [2.75, 3.05) is 38.1 Å². The van der Waals surface area contributed by atoms with Crippen LogP contribution in [-0.4, -0.2) is 69.7 Å². The lowest BCUT2D eigenvalue weighted by atomic mass is 10.0. The molecule has 1 aliphatic rings. The number of amides is 1. The number of rotatable bonds is 7. The van der Waals surface area contributed by atoms with Crippen LogP contribution in [0.1, 0.15) is 33.1 Å². The van der Waals surface area contributed by atoms with Crippen molar-refractivity contribution in [2.45, 2.75) is 39.2 Å². The number of hydrogen-bond donors (Lipinski definition) is 1. The fourth-order valence-electron chi connectivity index (χ4n) is 3.51. The van der Waals surface area contributed by atoms with Gasteiger partial charge in [-0.15, -0.1) is 10.2 Å². The number of fused-ring (bicyclic) bond motifs is 1. The molecular weight excluding hydrogens is 330 g/mol. The first kappa shape index (κ1) is 18.6. The number of nitrogens with zero attached hydrogens (tertiary/aromatic N) is 6. The van der Waals surface area contributed by atoms with Gasteiger partial charge in [-0.05, 0) is 45.2 Å². The molecule has 8 nitrogen and oxygen atoms in total. The van der Waals surface area contributed by atoms with E-state index >= 15 is 0 Å². The van der Waals surface area contributed by atoms with Crippen LogP contribution < -0.4 is 10.2 Å². The zero-order chi connectivity index (χ0) is 18.5. The minimum absolute atomic E-state index is 0.00262. The van der Waals surface area contributed by atoms with Gasteiger partial charge in [0.15, 0.2) is 5.82 Å². The number of carbonyl (C=O) groups excluding carboxylic acids is 1. The molecule has 0 aromatic carbocycles. The predicted molar refractivity (Wildman–Crippen MR) is 101 cm³/mol. The molecule has 0 saturated carbocycles. The van der Waals surface area contributed by atoms with E-state index < -0.39 is 0 Å². The Hall–Kier alpha value is -2.22. The zero-order valence-electron chi connectivity index (χ0n) is 15.9. The monoisotopic (exact) mass is 359 g/mol. The highest BCUT2D eigenvalue weighted by atomic mass is 16.2. The highest BCUT2D eigenvalue weighted by Gasteiger charge is 2.22. The van der Waals surface area contributed by atoms with Crippen LogP contribution in [0.5, 0.6) is 0 Å². The fraction of sp³-hybridized carbons (Fsp3) is 0.667. The van der Waals surface area contributed by atoms with Gasteiger partial charge in [0, 0.05) is 32.5 Å². The van der Waals surface area contributed by atoms with Crippen molar-refractivity contribution in [3.63, 3.8) is 0 Å². The van der Waals surface area contributed by atoms with Crippen molar-refractivity contribution in [3.8, 4) is 0 Å². The van der Waals surface area contributed by atoms with Crippen molar-refractivity contribution < 1.29 is 4.79 Å². The number of nitrogens with one attached hydrogen (secondary N) is 1. The topological polar surface area (TPSA) is 78.7 Å². The molecule has 2 aromatic heterocycles. The first-order valence-electron chi connectivity index (χ1n) is 9.43. The Morgan fingerprint density at radius 3 is 3.15 bits per heavy atom. The summed E-state index contributed by atoms with van der Waals surface area (Å²) in [5.74, 6) is 1.44. The molecule has 1 aliphatic heterocycles. The third kappa shape index (κ3) is 4.30.